The van der Waals surface area contributed by atoms with Crippen molar-refractivity contribution in [1.29, 1.82) is 0 Å². The number of benzene rings is 1. The first-order chi connectivity index (χ1) is 14.6. The van der Waals surface area contributed by atoms with Gasteiger partial charge in [-0.05, 0) is 51.0 Å². The van der Waals surface area contributed by atoms with Crippen molar-refractivity contribution in [1.82, 2.24) is 10.0 Å². The quantitative estimate of drug-likeness (QED) is 0.208. The third kappa shape index (κ3) is 8.87. The third-order valence-corrected chi connectivity index (χ3v) is 12.4. The zero-order valence-corrected chi connectivity index (χ0v) is 24.2. The molecule has 2 atom stereocenters. The highest BCUT2D eigenvalue weighted by Gasteiger charge is 2.37. The Morgan fingerprint density at radius 2 is 1.75 bits per heavy atom. The smallest absolute Gasteiger partial charge is 0.192 e. The van der Waals surface area contributed by atoms with Crippen LogP contribution in [-0.4, -0.2) is 50.9 Å². The second-order valence-electron chi connectivity index (χ2n) is 10.2. The molecule has 0 heterocycles. The third-order valence-electron chi connectivity index (χ3n) is 5.48. The maximum absolute atomic E-state index is 12.9. The van der Waals surface area contributed by atoms with Crippen molar-refractivity contribution in [3.05, 3.63) is 27.7 Å². The van der Waals surface area contributed by atoms with E-state index in [2.05, 4.69) is 43.9 Å². The van der Waals surface area contributed by atoms with Crippen LogP contribution in [-0.2, 0) is 20.1 Å². The summed E-state index contributed by atoms with van der Waals surface area (Å²) >= 11 is 12.9. The molecule has 6 nitrogen and oxygen atoms in total. The number of ether oxygens (including phenoxy) is 2. The largest absolute Gasteiger partial charge is 0.467 e. The molecule has 1 rings (SSSR count). The van der Waals surface area contributed by atoms with Gasteiger partial charge < -0.3 is 19.2 Å². The predicted octanol–water partition coefficient (Wildman–Crippen LogP) is 5.68. The van der Waals surface area contributed by atoms with Crippen LogP contribution < -0.4 is 14.8 Å². The number of hydrogen-bond donors (Lipinski definition) is 2. The van der Waals surface area contributed by atoms with E-state index in [1.165, 1.54) is 0 Å². The molecule has 0 aliphatic heterocycles. The van der Waals surface area contributed by atoms with E-state index in [0.29, 0.717) is 41.1 Å². The molecule has 0 aliphatic carbocycles. The summed E-state index contributed by atoms with van der Waals surface area (Å²) in [5.74, 6) is 0.531. The molecule has 0 saturated heterocycles. The molecule has 1 aromatic rings. The second-order valence-corrected chi connectivity index (χ2v) is 17.8. The van der Waals surface area contributed by atoms with Crippen molar-refractivity contribution in [2.45, 2.75) is 70.5 Å². The Morgan fingerprint density at radius 1 is 1.12 bits per heavy atom. The standard InChI is InChI=1S/C22H40Cl2N2O4SSi/c1-21(2,3)31(27)26-17(14-25-12-13-30-32(8,9)22(4,5)6)19-18(29-15-28-7)11-10-16(23)20(19)24/h10-11,17,25-26H,12-15H2,1-9H3/t17-,31?/m1/s1. The van der Waals surface area contributed by atoms with E-state index < -0.39 is 30.1 Å². The second kappa shape index (κ2) is 12.5. The Labute approximate surface area is 207 Å². The molecule has 1 aromatic carbocycles. The van der Waals surface area contributed by atoms with Crippen molar-refractivity contribution < 1.29 is 18.1 Å². The predicted molar refractivity (Wildman–Crippen MR) is 139 cm³/mol. The fraction of sp³-hybridized carbons (Fsp3) is 0.727. The van der Waals surface area contributed by atoms with E-state index in [-0.39, 0.29) is 11.8 Å². The van der Waals surface area contributed by atoms with Gasteiger partial charge in [-0.1, -0.05) is 44.0 Å². The molecule has 32 heavy (non-hydrogen) atoms. The zero-order chi connectivity index (χ0) is 24.7. The van der Waals surface area contributed by atoms with E-state index >= 15 is 0 Å². The van der Waals surface area contributed by atoms with Gasteiger partial charge in [0.1, 0.15) is 5.75 Å². The van der Waals surface area contributed by atoms with Gasteiger partial charge in [0.15, 0.2) is 15.1 Å². The summed E-state index contributed by atoms with van der Waals surface area (Å²) in [5.41, 5.74) is 0.645. The maximum atomic E-state index is 12.9. The number of nitrogens with one attached hydrogen (secondary N) is 2. The van der Waals surface area contributed by atoms with Gasteiger partial charge >= 0.3 is 0 Å². The van der Waals surface area contributed by atoms with E-state index in [0.717, 1.165) is 0 Å². The summed E-state index contributed by atoms with van der Waals surface area (Å²) in [4.78, 5) is 0. The topological polar surface area (TPSA) is 68.8 Å². The molecule has 10 heteroatoms. The van der Waals surface area contributed by atoms with E-state index in [4.69, 9.17) is 37.1 Å². The number of hydrogen-bond acceptors (Lipinski definition) is 5. The van der Waals surface area contributed by atoms with Crippen LogP contribution in [0.1, 0.15) is 53.1 Å². The molecule has 0 radical (unpaired) electrons. The first-order valence-electron chi connectivity index (χ1n) is 10.7. The fourth-order valence-corrected chi connectivity index (χ4v) is 4.78. The lowest BCUT2D eigenvalue weighted by atomic mass is 10.1. The molecule has 2 N–H and O–H groups in total. The van der Waals surface area contributed by atoms with Crippen LogP contribution in [0.5, 0.6) is 5.75 Å². The van der Waals surface area contributed by atoms with Crippen LogP contribution in [0.3, 0.4) is 0 Å². The van der Waals surface area contributed by atoms with Gasteiger partial charge in [0.25, 0.3) is 0 Å². The van der Waals surface area contributed by atoms with Crippen molar-refractivity contribution >= 4 is 42.5 Å². The molecular formula is C22H40Cl2N2O4SSi. The number of rotatable bonds is 12. The Balaban J connectivity index is 3.03. The molecule has 0 aliphatic rings. The van der Waals surface area contributed by atoms with Gasteiger partial charge in [-0.2, -0.15) is 0 Å². The molecular weight excluding hydrogens is 487 g/mol. The van der Waals surface area contributed by atoms with Gasteiger partial charge in [-0.15, -0.1) is 0 Å². The highest BCUT2D eigenvalue weighted by molar-refractivity contribution is 7.84. The summed E-state index contributed by atoms with van der Waals surface area (Å²) in [6.07, 6.45) is 0. The normalized spacial score (nSPS) is 15.0. The first-order valence-corrected chi connectivity index (χ1v) is 15.6. The van der Waals surface area contributed by atoms with Gasteiger partial charge in [-0.3, -0.25) is 0 Å². The zero-order valence-electron chi connectivity index (χ0n) is 20.9. The summed E-state index contributed by atoms with van der Waals surface area (Å²) in [6.45, 7) is 18.6. The Kier molecular flexibility index (Phi) is 11.6. The van der Waals surface area contributed by atoms with Gasteiger partial charge in [-0.25, -0.2) is 8.93 Å². The van der Waals surface area contributed by atoms with Crippen molar-refractivity contribution in [2.75, 3.05) is 33.6 Å². The molecule has 0 bridgehead atoms. The highest BCUT2D eigenvalue weighted by Crippen LogP contribution is 2.38. The minimum atomic E-state index is -1.81. The van der Waals surface area contributed by atoms with Gasteiger partial charge in [0.05, 0.1) is 31.8 Å². The first kappa shape index (κ1) is 29.8. The lowest BCUT2D eigenvalue weighted by Crippen LogP contribution is -2.43. The summed E-state index contributed by atoms with van der Waals surface area (Å²) < 4.78 is 32.7. The van der Waals surface area contributed by atoms with Crippen LogP contribution >= 0.6 is 23.2 Å². The fourth-order valence-electron chi connectivity index (χ4n) is 2.47. The molecule has 1 unspecified atom stereocenters. The van der Waals surface area contributed by atoms with Gasteiger partial charge in [0, 0.05) is 32.4 Å². The summed E-state index contributed by atoms with van der Waals surface area (Å²) in [6, 6.07) is 3.02. The van der Waals surface area contributed by atoms with Crippen LogP contribution in [0.4, 0.5) is 0 Å². The van der Waals surface area contributed by atoms with Crippen LogP contribution in [0.2, 0.25) is 28.2 Å². The van der Waals surface area contributed by atoms with Crippen LogP contribution in [0.15, 0.2) is 12.1 Å². The summed E-state index contributed by atoms with van der Waals surface area (Å²) in [5, 5.41) is 4.33. The number of halogens is 2. The average molecular weight is 528 g/mol. The molecule has 0 aromatic heterocycles. The van der Waals surface area contributed by atoms with Crippen LogP contribution in [0.25, 0.3) is 0 Å². The van der Waals surface area contributed by atoms with Gasteiger partial charge in [0.2, 0.25) is 0 Å². The minimum absolute atomic E-state index is 0.0633. The molecule has 0 spiro atoms. The van der Waals surface area contributed by atoms with Crippen molar-refractivity contribution in [3.8, 4) is 5.75 Å². The van der Waals surface area contributed by atoms with E-state index in [9.17, 15) is 4.21 Å². The minimum Gasteiger partial charge on any atom is -0.467 e. The summed E-state index contributed by atoms with van der Waals surface area (Å²) in [7, 11) is -1.60. The highest BCUT2D eigenvalue weighted by atomic mass is 35.5. The monoisotopic (exact) mass is 526 g/mol. The number of methoxy groups -OCH3 is 1. The molecule has 0 saturated carbocycles. The Bertz CT molecular complexity index is 768. The van der Waals surface area contributed by atoms with E-state index in [1.807, 2.05) is 20.8 Å². The lowest BCUT2D eigenvalue weighted by Gasteiger charge is -2.36. The average Bonchev–Trinajstić information content (AvgIpc) is 2.66. The molecule has 0 fully saturated rings. The Morgan fingerprint density at radius 3 is 2.28 bits per heavy atom. The maximum Gasteiger partial charge on any atom is 0.192 e. The van der Waals surface area contributed by atoms with Crippen molar-refractivity contribution in [3.63, 3.8) is 0 Å². The molecule has 186 valence electrons. The van der Waals surface area contributed by atoms with E-state index in [1.54, 1.807) is 19.2 Å². The Hall–Kier alpha value is -0.193. The SMILES string of the molecule is COCOc1ccc(Cl)c(Cl)c1[C@@H](CNCCO[Si](C)(C)C(C)(C)C)NS(=O)C(C)(C)C. The van der Waals surface area contributed by atoms with Crippen LogP contribution in [0, 0.1) is 0 Å². The lowest BCUT2D eigenvalue weighted by molar-refractivity contribution is 0.0501. The molecule has 0 amide bonds. The van der Waals surface area contributed by atoms with Crippen molar-refractivity contribution in [2.24, 2.45) is 0 Å².